The zero-order valence-electron chi connectivity index (χ0n) is 13.0. The Morgan fingerprint density at radius 2 is 1.91 bits per heavy atom. The van der Waals surface area contributed by atoms with Crippen LogP contribution in [-0.2, 0) is 29.6 Å². The van der Waals surface area contributed by atoms with E-state index in [1.54, 1.807) is 45.3 Å². The highest BCUT2D eigenvalue weighted by atomic mass is 79.9. The molecule has 1 aromatic heterocycles. The maximum absolute atomic E-state index is 13.1. The van der Waals surface area contributed by atoms with Gasteiger partial charge in [-0.1, -0.05) is 22.0 Å². The Morgan fingerprint density at radius 1 is 1.27 bits per heavy atom. The number of hydrogen-bond acceptors (Lipinski definition) is 6. The summed E-state index contributed by atoms with van der Waals surface area (Å²) in [5.41, 5.74) is 0.715. The molecule has 1 unspecified atom stereocenters. The van der Waals surface area contributed by atoms with Crippen LogP contribution in [0.4, 0.5) is 0 Å². The van der Waals surface area contributed by atoms with Crippen LogP contribution in [0.5, 0.6) is 0 Å². The molecule has 0 aliphatic rings. The molecule has 0 spiro atoms. The first-order valence-electron chi connectivity index (χ1n) is 7.07. The van der Waals surface area contributed by atoms with Crippen LogP contribution in [0.3, 0.4) is 0 Å². The van der Waals surface area contributed by atoms with Crippen molar-refractivity contribution in [3.05, 3.63) is 30.1 Å². The Bertz CT molecular complexity index is 517. The van der Waals surface area contributed by atoms with Crippen LogP contribution >= 0.6 is 23.5 Å². The van der Waals surface area contributed by atoms with Crippen molar-refractivity contribution in [2.24, 2.45) is 0 Å². The molecule has 0 fully saturated rings. The fourth-order valence-electron chi connectivity index (χ4n) is 1.88. The first kappa shape index (κ1) is 19.3. The molecule has 22 heavy (non-hydrogen) atoms. The third-order valence-corrected chi connectivity index (χ3v) is 7.09. The molecule has 0 bridgehead atoms. The number of esters is 1. The van der Waals surface area contributed by atoms with Crippen molar-refractivity contribution >= 4 is 29.5 Å². The minimum absolute atomic E-state index is 0.0803. The molecule has 0 aliphatic heterocycles. The average Bonchev–Trinajstić information content (AvgIpc) is 2.48. The molecule has 0 N–H and O–H groups in total. The van der Waals surface area contributed by atoms with Crippen LogP contribution in [-0.4, -0.2) is 34.8 Å². The summed E-state index contributed by atoms with van der Waals surface area (Å²) >= 11 is 3.30. The van der Waals surface area contributed by atoms with Gasteiger partial charge in [-0.2, -0.15) is 0 Å². The molecule has 0 amide bonds. The van der Waals surface area contributed by atoms with Crippen LogP contribution in [0.1, 0.15) is 26.3 Å². The van der Waals surface area contributed by atoms with Gasteiger partial charge in [0.25, 0.3) is 0 Å². The van der Waals surface area contributed by atoms with Gasteiger partial charge in [-0.3, -0.25) is 9.55 Å². The average molecular weight is 394 g/mol. The van der Waals surface area contributed by atoms with E-state index in [0.29, 0.717) is 5.56 Å². The SMILES string of the molecule is CCOC(=O)C(Br)(Cc1cccnc1)P(=O)(OCC)OCC. The fraction of sp³-hybridized carbons (Fsp3) is 0.571. The van der Waals surface area contributed by atoms with Crippen molar-refractivity contribution < 1.29 is 23.1 Å². The Kier molecular flexibility index (Phi) is 7.69. The summed E-state index contributed by atoms with van der Waals surface area (Å²) in [5, 5.41) is 0. The van der Waals surface area contributed by atoms with Crippen LogP contribution in [0.15, 0.2) is 24.5 Å². The van der Waals surface area contributed by atoms with Gasteiger partial charge in [0.05, 0.1) is 19.8 Å². The van der Waals surface area contributed by atoms with Crippen LogP contribution in [0.25, 0.3) is 0 Å². The van der Waals surface area contributed by atoms with E-state index in [9.17, 15) is 9.36 Å². The summed E-state index contributed by atoms with van der Waals surface area (Å²) in [5.74, 6) is -0.677. The number of carbonyl (C=O) groups is 1. The molecule has 6 nitrogen and oxygen atoms in total. The zero-order chi connectivity index (χ0) is 16.6. The van der Waals surface area contributed by atoms with E-state index in [0.717, 1.165) is 0 Å². The molecule has 1 atom stereocenters. The first-order chi connectivity index (χ1) is 10.4. The number of ether oxygens (including phenoxy) is 1. The predicted octanol–water partition coefficient (Wildman–Crippen LogP) is 3.54. The van der Waals surface area contributed by atoms with Crippen molar-refractivity contribution in [2.75, 3.05) is 19.8 Å². The summed E-state index contributed by atoms with van der Waals surface area (Å²) < 4.78 is 27.3. The summed E-state index contributed by atoms with van der Waals surface area (Å²) in [6.07, 6.45) is 3.29. The van der Waals surface area contributed by atoms with Crippen molar-refractivity contribution in [1.29, 1.82) is 0 Å². The maximum Gasteiger partial charge on any atom is 0.358 e. The summed E-state index contributed by atoms with van der Waals surface area (Å²) in [7, 11) is -3.78. The molecule has 8 heteroatoms. The highest BCUT2D eigenvalue weighted by Gasteiger charge is 2.56. The second-order valence-electron chi connectivity index (χ2n) is 4.35. The third kappa shape index (κ3) is 4.38. The standard InChI is InChI=1S/C14H21BrNO5P/c1-4-19-13(17)14(15,10-12-8-7-9-16-11-12)22(18,20-5-2)21-6-3/h7-9,11H,4-6,10H2,1-3H3. The van der Waals surface area contributed by atoms with Crippen LogP contribution in [0.2, 0.25) is 0 Å². The fourth-order valence-corrected chi connectivity index (χ4v) is 4.76. The van der Waals surface area contributed by atoms with E-state index in [-0.39, 0.29) is 26.2 Å². The molecule has 0 saturated heterocycles. The lowest BCUT2D eigenvalue weighted by molar-refractivity contribution is -0.144. The lowest BCUT2D eigenvalue weighted by Gasteiger charge is -2.32. The van der Waals surface area contributed by atoms with Crippen molar-refractivity contribution in [3.8, 4) is 0 Å². The number of aromatic nitrogens is 1. The molecule has 124 valence electrons. The normalized spacial score (nSPS) is 14.4. The van der Waals surface area contributed by atoms with Gasteiger partial charge in [-0.25, -0.2) is 4.79 Å². The number of halogens is 1. The van der Waals surface area contributed by atoms with Gasteiger partial charge in [-0.05, 0) is 32.4 Å². The molecule has 1 aromatic rings. The Labute approximate surface area is 139 Å². The topological polar surface area (TPSA) is 74.7 Å². The second kappa shape index (κ2) is 8.77. The predicted molar refractivity (Wildman–Crippen MR) is 87.1 cm³/mol. The van der Waals surface area contributed by atoms with Gasteiger partial charge in [-0.15, -0.1) is 0 Å². The van der Waals surface area contributed by atoms with Gasteiger partial charge in [0.1, 0.15) is 0 Å². The van der Waals surface area contributed by atoms with Gasteiger partial charge < -0.3 is 13.8 Å². The molecular formula is C14H21BrNO5P. The number of rotatable bonds is 9. The van der Waals surface area contributed by atoms with Crippen LogP contribution in [0, 0.1) is 0 Å². The number of nitrogens with zero attached hydrogens (tertiary/aromatic N) is 1. The summed E-state index contributed by atoms with van der Waals surface area (Å²) in [6.45, 7) is 5.52. The maximum atomic E-state index is 13.1. The van der Waals surface area contributed by atoms with E-state index in [1.165, 1.54) is 0 Å². The highest BCUT2D eigenvalue weighted by Crippen LogP contribution is 2.64. The molecule has 1 rings (SSSR count). The summed E-state index contributed by atoms with van der Waals surface area (Å²) in [6, 6.07) is 3.52. The Hall–Kier alpha value is -0.750. The number of alkyl halides is 1. The molecule has 0 saturated carbocycles. The monoisotopic (exact) mass is 393 g/mol. The third-order valence-electron chi connectivity index (χ3n) is 2.78. The van der Waals surface area contributed by atoms with E-state index in [4.69, 9.17) is 13.8 Å². The Balaban J connectivity index is 3.25. The zero-order valence-corrected chi connectivity index (χ0v) is 15.4. The number of pyridine rings is 1. The van der Waals surface area contributed by atoms with Crippen molar-refractivity contribution in [3.63, 3.8) is 0 Å². The molecule has 0 aliphatic carbocycles. The molecular weight excluding hydrogens is 373 g/mol. The van der Waals surface area contributed by atoms with Gasteiger partial charge in [0.15, 0.2) is 0 Å². The van der Waals surface area contributed by atoms with E-state index >= 15 is 0 Å². The summed E-state index contributed by atoms with van der Waals surface area (Å²) in [4.78, 5) is 16.4. The molecule has 0 radical (unpaired) electrons. The largest absolute Gasteiger partial charge is 0.464 e. The van der Waals surface area contributed by atoms with Gasteiger partial charge >= 0.3 is 13.6 Å². The van der Waals surface area contributed by atoms with Crippen molar-refractivity contribution in [1.82, 2.24) is 4.98 Å². The molecule has 0 aromatic carbocycles. The van der Waals surface area contributed by atoms with E-state index in [1.807, 2.05) is 0 Å². The minimum atomic E-state index is -3.78. The van der Waals surface area contributed by atoms with Crippen LogP contribution < -0.4 is 0 Å². The van der Waals surface area contributed by atoms with E-state index in [2.05, 4.69) is 20.9 Å². The molecule has 1 heterocycles. The van der Waals surface area contributed by atoms with Crippen molar-refractivity contribution in [2.45, 2.75) is 31.3 Å². The highest BCUT2D eigenvalue weighted by molar-refractivity contribution is 9.11. The second-order valence-corrected chi connectivity index (χ2v) is 8.59. The quantitative estimate of drug-likeness (QED) is 0.362. The smallest absolute Gasteiger partial charge is 0.358 e. The first-order valence-corrected chi connectivity index (χ1v) is 9.41. The minimum Gasteiger partial charge on any atom is -0.464 e. The lowest BCUT2D eigenvalue weighted by Crippen LogP contribution is -2.37. The lowest BCUT2D eigenvalue weighted by atomic mass is 10.1. The number of carbonyl (C=O) groups excluding carboxylic acids is 1. The number of hydrogen-bond donors (Lipinski definition) is 0. The van der Waals surface area contributed by atoms with E-state index < -0.39 is 17.6 Å². The van der Waals surface area contributed by atoms with Gasteiger partial charge in [0.2, 0.25) is 4.07 Å². The Morgan fingerprint density at radius 3 is 2.36 bits per heavy atom. The van der Waals surface area contributed by atoms with Gasteiger partial charge in [0, 0.05) is 18.8 Å².